The van der Waals surface area contributed by atoms with E-state index in [2.05, 4.69) is 6.92 Å². The van der Waals surface area contributed by atoms with Crippen LogP contribution in [0.5, 0.6) is 0 Å². The highest BCUT2D eigenvalue weighted by atomic mass is 16.5. The molecule has 0 radical (unpaired) electrons. The van der Waals surface area contributed by atoms with E-state index in [9.17, 15) is 4.79 Å². The minimum atomic E-state index is 0.350. The first-order valence-corrected chi connectivity index (χ1v) is 7.30. The van der Waals surface area contributed by atoms with Crippen LogP contribution in [0, 0.1) is 11.3 Å². The Kier molecular flexibility index (Phi) is 7.33. The van der Waals surface area contributed by atoms with Gasteiger partial charge in [-0.05, 0) is 49.9 Å². The second-order valence-electron chi connectivity index (χ2n) is 5.69. The fraction of sp³-hybridized carbons (Fsp3) is 0.933. The molecule has 0 aliphatic heterocycles. The quantitative estimate of drug-likeness (QED) is 0.467. The first-order chi connectivity index (χ1) is 8.76. The van der Waals surface area contributed by atoms with Crippen molar-refractivity contribution in [2.45, 2.75) is 58.3 Å². The molecule has 0 amide bonds. The van der Waals surface area contributed by atoms with E-state index in [1.807, 2.05) is 0 Å². The summed E-state index contributed by atoms with van der Waals surface area (Å²) < 4.78 is 10.1. The first-order valence-electron chi connectivity index (χ1n) is 7.30. The van der Waals surface area contributed by atoms with Crippen LogP contribution >= 0.6 is 0 Å². The molecular formula is C15H28O3. The molecule has 0 bridgehead atoms. The van der Waals surface area contributed by atoms with Crippen molar-refractivity contribution in [3.8, 4) is 0 Å². The van der Waals surface area contributed by atoms with Crippen LogP contribution < -0.4 is 0 Å². The smallest absolute Gasteiger partial charge is 0.293 e. The van der Waals surface area contributed by atoms with Gasteiger partial charge in [0.25, 0.3) is 6.47 Å². The van der Waals surface area contributed by atoms with Gasteiger partial charge in [0, 0.05) is 13.7 Å². The summed E-state index contributed by atoms with van der Waals surface area (Å²) in [5.41, 5.74) is 0.350. The molecule has 1 aliphatic carbocycles. The van der Waals surface area contributed by atoms with E-state index in [1.54, 1.807) is 7.11 Å². The number of ether oxygens (including phenoxy) is 2. The lowest BCUT2D eigenvalue weighted by molar-refractivity contribution is -0.129. The van der Waals surface area contributed by atoms with Gasteiger partial charge in [-0.15, -0.1) is 0 Å². The van der Waals surface area contributed by atoms with Crippen LogP contribution in [0.3, 0.4) is 0 Å². The Bertz CT molecular complexity index is 220. The SMILES string of the molecule is CCCC1CCC(CCOC)(CCOC=O)CC1. The van der Waals surface area contributed by atoms with Crippen molar-refractivity contribution in [1.82, 2.24) is 0 Å². The number of rotatable bonds is 9. The van der Waals surface area contributed by atoms with E-state index in [1.165, 1.54) is 38.5 Å². The van der Waals surface area contributed by atoms with Crippen molar-refractivity contribution >= 4 is 6.47 Å². The number of carbonyl (C=O) groups is 1. The Hall–Kier alpha value is -0.570. The Morgan fingerprint density at radius 1 is 1.22 bits per heavy atom. The number of methoxy groups -OCH3 is 1. The van der Waals surface area contributed by atoms with Gasteiger partial charge in [0.1, 0.15) is 0 Å². The van der Waals surface area contributed by atoms with Crippen LogP contribution in [-0.2, 0) is 14.3 Å². The summed E-state index contributed by atoms with van der Waals surface area (Å²) in [5, 5.41) is 0. The van der Waals surface area contributed by atoms with Gasteiger partial charge in [-0.3, -0.25) is 4.79 Å². The predicted octanol–water partition coefficient (Wildman–Crippen LogP) is 3.56. The molecular weight excluding hydrogens is 228 g/mol. The Morgan fingerprint density at radius 3 is 2.44 bits per heavy atom. The van der Waals surface area contributed by atoms with Crippen LogP contribution in [-0.4, -0.2) is 26.8 Å². The fourth-order valence-electron chi connectivity index (χ4n) is 3.25. The highest BCUT2D eigenvalue weighted by molar-refractivity contribution is 5.36. The summed E-state index contributed by atoms with van der Waals surface area (Å²) in [5.74, 6) is 0.914. The number of hydrogen-bond acceptors (Lipinski definition) is 3. The monoisotopic (exact) mass is 256 g/mol. The van der Waals surface area contributed by atoms with Crippen molar-refractivity contribution in [3.05, 3.63) is 0 Å². The molecule has 0 saturated heterocycles. The molecule has 0 aromatic rings. The lowest BCUT2D eigenvalue weighted by atomic mass is 9.66. The Morgan fingerprint density at radius 2 is 1.89 bits per heavy atom. The average Bonchev–Trinajstić information content (AvgIpc) is 2.40. The summed E-state index contributed by atoms with van der Waals surface area (Å²) in [7, 11) is 1.76. The van der Waals surface area contributed by atoms with Crippen molar-refractivity contribution in [1.29, 1.82) is 0 Å². The topological polar surface area (TPSA) is 35.5 Å². The van der Waals surface area contributed by atoms with Gasteiger partial charge >= 0.3 is 0 Å². The van der Waals surface area contributed by atoms with Crippen molar-refractivity contribution in [3.63, 3.8) is 0 Å². The van der Waals surface area contributed by atoms with Gasteiger partial charge < -0.3 is 9.47 Å². The fourth-order valence-corrected chi connectivity index (χ4v) is 3.25. The standard InChI is InChI=1S/C15H28O3/c1-3-4-14-5-7-15(8-6-14,9-11-17-2)10-12-18-13-16/h13-14H,3-12H2,1-2H3. The van der Waals surface area contributed by atoms with Gasteiger partial charge in [-0.25, -0.2) is 0 Å². The van der Waals surface area contributed by atoms with E-state index < -0.39 is 0 Å². The van der Waals surface area contributed by atoms with Crippen LogP contribution in [0.15, 0.2) is 0 Å². The Balaban J connectivity index is 2.43. The average molecular weight is 256 g/mol. The molecule has 1 saturated carbocycles. The minimum Gasteiger partial charge on any atom is -0.468 e. The maximum Gasteiger partial charge on any atom is 0.293 e. The summed E-state index contributed by atoms with van der Waals surface area (Å²) in [6, 6.07) is 0. The summed E-state index contributed by atoms with van der Waals surface area (Å²) in [6.45, 7) is 4.21. The summed E-state index contributed by atoms with van der Waals surface area (Å²) in [6.07, 6.45) is 9.96. The second-order valence-corrected chi connectivity index (χ2v) is 5.69. The maximum atomic E-state index is 10.3. The van der Waals surface area contributed by atoms with Crippen molar-refractivity contribution in [2.75, 3.05) is 20.3 Å². The molecule has 0 spiro atoms. The van der Waals surface area contributed by atoms with Gasteiger partial charge in [-0.2, -0.15) is 0 Å². The number of hydrogen-bond donors (Lipinski definition) is 0. The first kappa shape index (κ1) is 15.5. The highest BCUT2D eigenvalue weighted by Crippen LogP contribution is 2.45. The predicted molar refractivity (Wildman–Crippen MR) is 72.4 cm³/mol. The van der Waals surface area contributed by atoms with Gasteiger partial charge in [0.15, 0.2) is 0 Å². The largest absolute Gasteiger partial charge is 0.468 e. The summed E-state index contributed by atoms with van der Waals surface area (Å²) in [4.78, 5) is 10.3. The third kappa shape index (κ3) is 4.97. The van der Waals surface area contributed by atoms with Gasteiger partial charge in [0.05, 0.1) is 6.61 Å². The van der Waals surface area contributed by atoms with E-state index in [0.29, 0.717) is 18.5 Å². The van der Waals surface area contributed by atoms with Gasteiger partial charge in [-0.1, -0.05) is 19.8 Å². The third-order valence-corrected chi connectivity index (χ3v) is 4.52. The van der Waals surface area contributed by atoms with E-state index in [0.717, 1.165) is 25.4 Å². The zero-order valence-electron chi connectivity index (χ0n) is 12.0. The van der Waals surface area contributed by atoms with Crippen LogP contribution in [0.2, 0.25) is 0 Å². The molecule has 1 fully saturated rings. The van der Waals surface area contributed by atoms with Crippen LogP contribution in [0.1, 0.15) is 58.3 Å². The molecule has 0 aromatic carbocycles. The maximum absolute atomic E-state index is 10.3. The van der Waals surface area contributed by atoms with Crippen LogP contribution in [0.25, 0.3) is 0 Å². The molecule has 18 heavy (non-hydrogen) atoms. The molecule has 106 valence electrons. The molecule has 1 rings (SSSR count). The molecule has 3 heteroatoms. The lowest BCUT2D eigenvalue weighted by Crippen LogP contribution is -2.30. The molecule has 0 unspecified atom stereocenters. The zero-order valence-corrected chi connectivity index (χ0v) is 12.0. The molecule has 0 atom stereocenters. The van der Waals surface area contributed by atoms with E-state index in [-0.39, 0.29) is 0 Å². The van der Waals surface area contributed by atoms with Crippen molar-refractivity contribution < 1.29 is 14.3 Å². The van der Waals surface area contributed by atoms with Gasteiger partial charge in [0.2, 0.25) is 0 Å². The van der Waals surface area contributed by atoms with Crippen molar-refractivity contribution in [2.24, 2.45) is 11.3 Å². The van der Waals surface area contributed by atoms with Crippen LogP contribution in [0.4, 0.5) is 0 Å². The van der Waals surface area contributed by atoms with E-state index in [4.69, 9.17) is 9.47 Å². The normalized spacial score (nSPS) is 28.0. The summed E-state index contributed by atoms with van der Waals surface area (Å²) >= 11 is 0. The zero-order chi connectivity index (χ0) is 13.3. The molecule has 1 aliphatic rings. The molecule has 0 aromatic heterocycles. The molecule has 0 heterocycles. The number of carbonyl (C=O) groups excluding carboxylic acids is 1. The third-order valence-electron chi connectivity index (χ3n) is 4.52. The lowest BCUT2D eigenvalue weighted by Gasteiger charge is -2.40. The van der Waals surface area contributed by atoms with E-state index >= 15 is 0 Å². The second kappa shape index (κ2) is 8.52. The molecule has 3 nitrogen and oxygen atoms in total. The highest BCUT2D eigenvalue weighted by Gasteiger charge is 2.34. The Labute approximate surface area is 111 Å². The molecule has 0 N–H and O–H groups in total. The minimum absolute atomic E-state index is 0.350.